The molecule has 28 heavy (non-hydrogen) atoms. The quantitative estimate of drug-likeness (QED) is 0.822. The highest BCUT2D eigenvalue weighted by Gasteiger charge is 2.36. The Labute approximate surface area is 164 Å². The summed E-state index contributed by atoms with van der Waals surface area (Å²) in [6.45, 7) is 5.75. The number of rotatable bonds is 6. The minimum atomic E-state index is -0.0369. The number of methoxy groups -OCH3 is 1. The maximum absolute atomic E-state index is 12.6. The molecule has 0 spiro atoms. The Morgan fingerprint density at radius 3 is 2.61 bits per heavy atom. The van der Waals surface area contributed by atoms with Crippen LogP contribution in [-0.2, 0) is 0 Å². The minimum absolute atomic E-state index is 0.0369. The van der Waals surface area contributed by atoms with Gasteiger partial charge < -0.3 is 19.5 Å². The number of carbonyl (C=O) groups excluding carboxylic acids is 1. The van der Waals surface area contributed by atoms with Crippen molar-refractivity contribution in [3.05, 3.63) is 41.5 Å². The summed E-state index contributed by atoms with van der Waals surface area (Å²) in [6.07, 6.45) is 2.41. The van der Waals surface area contributed by atoms with E-state index in [4.69, 9.17) is 9.26 Å². The molecule has 2 aromatic rings. The fourth-order valence-corrected chi connectivity index (χ4v) is 3.91. The Morgan fingerprint density at radius 1 is 1.29 bits per heavy atom. The molecule has 4 rings (SSSR count). The zero-order valence-corrected chi connectivity index (χ0v) is 16.4. The van der Waals surface area contributed by atoms with Crippen molar-refractivity contribution in [1.82, 2.24) is 25.3 Å². The number of nitrogens with zero attached hydrogens (tertiary/aromatic N) is 4. The number of nitrogens with one attached hydrogen (secondary N) is 1. The zero-order valence-electron chi connectivity index (χ0n) is 16.4. The number of aryl methyl sites for hydroxylation is 1. The molecule has 0 radical (unpaired) electrons. The maximum atomic E-state index is 12.6. The van der Waals surface area contributed by atoms with E-state index in [9.17, 15) is 4.79 Å². The molecule has 0 saturated carbocycles. The van der Waals surface area contributed by atoms with Gasteiger partial charge in [-0.25, -0.2) is 4.79 Å². The first-order chi connectivity index (χ1) is 13.6. The van der Waals surface area contributed by atoms with Gasteiger partial charge in [0.25, 0.3) is 0 Å². The highest BCUT2D eigenvalue weighted by Crippen LogP contribution is 2.28. The molecule has 3 heterocycles. The van der Waals surface area contributed by atoms with Crippen LogP contribution in [0.3, 0.4) is 0 Å². The van der Waals surface area contributed by atoms with Gasteiger partial charge in [-0.05, 0) is 50.6 Å². The van der Waals surface area contributed by atoms with E-state index in [0.717, 1.165) is 18.8 Å². The van der Waals surface area contributed by atoms with Crippen LogP contribution in [0.2, 0.25) is 0 Å². The van der Waals surface area contributed by atoms with Gasteiger partial charge in [-0.2, -0.15) is 4.98 Å². The van der Waals surface area contributed by atoms with Crippen molar-refractivity contribution >= 4 is 6.03 Å². The number of benzene rings is 1. The number of likely N-dealkylation sites (tertiary alicyclic amines) is 2. The molecule has 1 N–H and O–H groups in total. The lowest BCUT2D eigenvalue weighted by Gasteiger charge is -2.37. The van der Waals surface area contributed by atoms with Gasteiger partial charge >= 0.3 is 6.03 Å². The number of hydrogen-bond acceptors (Lipinski definition) is 6. The average Bonchev–Trinajstić information content (AvgIpc) is 3.33. The SMILES string of the molecule is COc1ccc(C(CNC(=O)N2CC(c3nc(C)no3)C2)N2CCCC2)cc1. The lowest BCUT2D eigenvalue weighted by molar-refractivity contribution is 0.133. The number of hydrogen-bond donors (Lipinski definition) is 1. The van der Waals surface area contributed by atoms with E-state index in [1.54, 1.807) is 18.9 Å². The van der Waals surface area contributed by atoms with Gasteiger partial charge in [0.05, 0.1) is 19.1 Å². The monoisotopic (exact) mass is 385 g/mol. The van der Waals surface area contributed by atoms with Gasteiger partial charge in [-0.3, -0.25) is 4.90 Å². The van der Waals surface area contributed by atoms with Gasteiger partial charge in [-0.1, -0.05) is 17.3 Å². The molecule has 1 aromatic heterocycles. The number of amides is 2. The zero-order chi connectivity index (χ0) is 19.5. The van der Waals surface area contributed by atoms with Crippen molar-refractivity contribution in [1.29, 1.82) is 0 Å². The summed E-state index contributed by atoms with van der Waals surface area (Å²) in [6, 6.07) is 8.27. The Hall–Kier alpha value is -2.61. The highest BCUT2D eigenvalue weighted by molar-refractivity contribution is 5.75. The van der Waals surface area contributed by atoms with Crippen LogP contribution in [0.15, 0.2) is 28.8 Å². The largest absolute Gasteiger partial charge is 0.497 e. The van der Waals surface area contributed by atoms with Crippen molar-refractivity contribution < 1.29 is 14.1 Å². The maximum Gasteiger partial charge on any atom is 0.317 e. The summed E-state index contributed by atoms with van der Waals surface area (Å²) in [5.74, 6) is 2.24. The first-order valence-electron chi connectivity index (χ1n) is 9.85. The Balaban J connectivity index is 1.34. The Bertz CT molecular complexity index is 794. The van der Waals surface area contributed by atoms with Crippen LogP contribution < -0.4 is 10.1 Å². The van der Waals surface area contributed by atoms with E-state index in [1.807, 2.05) is 12.1 Å². The topological polar surface area (TPSA) is 83.7 Å². The Kier molecular flexibility index (Phi) is 5.47. The lowest BCUT2D eigenvalue weighted by atomic mass is 10.0. The van der Waals surface area contributed by atoms with E-state index in [-0.39, 0.29) is 18.0 Å². The van der Waals surface area contributed by atoms with Crippen LogP contribution in [0.1, 0.15) is 42.1 Å². The number of ether oxygens (including phenoxy) is 1. The molecular weight excluding hydrogens is 358 g/mol. The number of aromatic nitrogens is 2. The summed E-state index contributed by atoms with van der Waals surface area (Å²) in [7, 11) is 1.67. The molecular formula is C20H27N5O3. The summed E-state index contributed by atoms with van der Waals surface area (Å²) in [5.41, 5.74) is 1.20. The normalized spacial score (nSPS) is 18.7. The molecule has 2 amide bonds. The molecule has 8 heteroatoms. The van der Waals surface area contributed by atoms with E-state index < -0.39 is 0 Å². The van der Waals surface area contributed by atoms with Crippen LogP contribution in [0.25, 0.3) is 0 Å². The second-order valence-corrected chi connectivity index (χ2v) is 7.50. The highest BCUT2D eigenvalue weighted by atomic mass is 16.5. The van der Waals surface area contributed by atoms with Crippen LogP contribution in [0.5, 0.6) is 5.75 Å². The summed E-state index contributed by atoms with van der Waals surface area (Å²) >= 11 is 0. The number of carbonyl (C=O) groups is 1. The summed E-state index contributed by atoms with van der Waals surface area (Å²) in [4.78, 5) is 21.1. The third-order valence-corrected chi connectivity index (χ3v) is 5.59. The van der Waals surface area contributed by atoms with Crippen LogP contribution >= 0.6 is 0 Å². The molecule has 2 fully saturated rings. The number of urea groups is 1. The molecule has 1 aromatic carbocycles. The van der Waals surface area contributed by atoms with Gasteiger partial charge in [0.2, 0.25) is 5.89 Å². The fraction of sp³-hybridized carbons (Fsp3) is 0.550. The van der Waals surface area contributed by atoms with Crippen LogP contribution in [-0.4, -0.2) is 65.8 Å². The average molecular weight is 385 g/mol. The van der Waals surface area contributed by atoms with E-state index in [1.165, 1.54) is 18.4 Å². The van der Waals surface area contributed by atoms with Gasteiger partial charge in [0, 0.05) is 19.6 Å². The molecule has 8 nitrogen and oxygen atoms in total. The van der Waals surface area contributed by atoms with Gasteiger partial charge in [-0.15, -0.1) is 0 Å². The van der Waals surface area contributed by atoms with Crippen LogP contribution in [0.4, 0.5) is 4.79 Å². The Morgan fingerprint density at radius 2 is 2.00 bits per heavy atom. The third kappa shape index (κ3) is 3.96. The predicted molar refractivity (Wildman–Crippen MR) is 103 cm³/mol. The van der Waals surface area contributed by atoms with E-state index >= 15 is 0 Å². The van der Waals surface area contributed by atoms with Gasteiger partial charge in [0.15, 0.2) is 5.82 Å². The third-order valence-electron chi connectivity index (χ3n) is 5.59. The van der Waals surface area contributed by atoms with Crippen molar-refractivity contribution in [2.75, 3.05) is 39.8 Å². The molecule has 2 saturated heterocycles. The molecule has 2 aliphatic rings. The van der Waals surface area contributed by atoms with Crippen LogP contribution in [0, 0.1) is 6.92 Å². The van der Waals surface area contributed by atoms with Crippen molar-refractivity contribution in [3.8, 4) is 5.75 Å². The second-order valence-electron chi connectivity index (χ2n) is 7.50. The minimum Gasteiger partial charge on any atom is -0.497 e. The van der Waals surface area contributed by atoms with Crippen molar-refractivity contribution in [2.45, 2.75) is 31.7 Å². The first-order valence-corrected chi connectivity index (χ1v) is 9.85. The summed E-state index contributed by atoms with van der Waals surface area (Å²) in [5, 5.41) is 6.93. The van der Waals surface area contributed by atoms with Crippen molar-refractivity contribution in [3.63, 3.8) is 0 Å². The van der Waals surface area contributed by atoms with Gasteiger partial charge in [0.1, 0.15) is 5.75 Å². The molecule has 1 atom stereocenters. The molecule has 150 valence electrons. The standard InChI is InChI=1S/C20H27N5O3/c1-14-22-19(28-23-14)16-12-25(13-16)20(26)21-11-18(24-9-3-4-10-24)15-5-7-17(27-2)8-6-15/h5-8,16,18H,3-4,9-13H2,1-2H3,(H,21,26). The lowest BCUT2D eigenvalue weighted by Crippen LogP contribution is -2.53. The van der Waals surface area contributed by atoms with E-state index in [0.29, 0.717) is 31.3 Å². The van der Waals surface area contributed by atoms with Crippen molar-refractivity contribution in [2.24, 2.45) is 0 Å². The second kappa shape index (κ2) is 8.18. The first kappa shape index (κ1) is 18.7. The molecule has 2 aliphatic heterocycles. The predicted octanol–water partition coefficient (Wildman–Crippen LogP) is 2.33. The molecule has 1 unspecified atom stereocenters. The molecule has 0 bridgehead atoms. The van der Waals surface area contributed by atoms with E-state index in [2.05, 4.69) is 32.5 Å². The smallest absolute Gasteiger partial charge is 0.317 e. The molecule has 0 aliphatic carbocycles. The fourth-order valence-electron chi connectivity index (χ4n) is 3.91. The summed E-state index contributed by atoms with van der Waals surface area (Å²) < 4.78 is 10.5.